The predicted molar refractivity (Wildman–Crippen MR) is 63.2 cm³/mol. The van der Waals surface area contributed by atoms with E-state index in [2.05, 4.69) is 15.0 Å². The Hall–Kier alpha value is -2.32. The molecule has 0 aliphatic heterocycles. The van der Waals surface area contributed by atoms with Gasteiger partial charge in [0.15, 0.2) is 0 Å². The minimum Gasteiger partial charge on any atom is -0.253 e. The number of hydrogen-bond donors (Lipinski definition) is 0. The molecule has 0 aliphatic rings. The molecular weight excluding hydrogens is 200 g/mol. The maximum absolute atomic E-state index is 8.29. The Balaban J connectivity index is 2.38. The second-order valence-corrected chi connectivity index (χ2v) is 3.40. The van der Waals surface area contributed by atoms with Crippen LogP contribution in [-0.2, 0) is 0 Å². The van der Waals surface area contributed by atoms with Crippen molar-refractivity contribution in [1.82, 2.24) is 4.98 Å². The van der Waals surface area contributed by atoms with Gasteiger partial charge in [0, 0.05) is 21.9 Å². The summed E-state index contributed by atoms with van der Waals surface area (Å²) in [5, 5.41) is 3.52. The molecule has 0 spiro atoms. The highest BCUT2D eigenvalue weighted by Crippen LogP contribution is 2.21. The molecule has 2 rings (SSSR count). The lowest BCUT2D eigenvalue weighted by Gasteiger charge is -2.01. The number of hydrogen-bond acceptors (Lipinski definition) is 2. The Labute approximate surface area is 93.2 Å². The summed E-state index contributed by atoms with van der Waals surface area (Å²) in [5.74, 6) is 0. The first-order chi connectivity index (χ1) is 7.79. The molecule has 1 aromatic heterocycles. The van der Waals surface area contributed by atoms with Crippen molar-refractivity contribution in [2.75, 3.05) is 0 Å². The fraction of sp³-hybridized carbons (Fsp3) is 0.0833. The number of nitrogens with zero attached hydrogens (tertiary/aromatic N) is 4. The van der Waals surface area contributed by atoms with Gasteiger partial charge in [0.05, 0.1) is 5.69 Å². The van der Waals surface area contributed by atoms with Gasteiger partial charge in [-0.05, 0) is 24.6 Å². The van der Waals surface area contributed by atoms with Gasteiger partial charge in [-0.1, -0.05) is 35.4 Å². The summed E-state index contributed by atoms with van der Waals surface area (Å²) in [4.78, 5) is 7.15. The predicted octanol–water partition coefficient (Wildman–Crippen LogP) is 4.00. The molecule has 4 heteroatoms. The lowest BCUT2D eigenvalue weighted by Crippen LogP contribution is -1.85. The van der Waals surface area contributed by atoms with E-state index in [0.717, 1.165) is 17.0 Å². The number of pyridine rings is 1. The van der Waals surface area contributed by atoms with E-state index in [1.54, 1.807) is 12.1 Å². The molecule has 0 bridgehead atoms. The first kappa shape index (κ1) is 10.2. The highest BCUT2D eigenvalue weighted by Gasteiger charge is 1.98. The summed E-state index contributed by atoms with van der Waals surface area (Å²) in [7, 11) is 0. The molecular formula is C12H10N4. The van der Waals surface area contributed by atoms with Crippen molar-refractivity contribution in [3.8, 4) is 11.3 Å². The van der Waals surface area contributed by atoms with Crippen molar-refractivity contribution < 1.29 is 0 Å². The first-order valence-electron chi connectivity index (χ1n) is 4.89. The van der Waals surface area contributed by atoms with Gasteiger partial charge < -0.3 is 0 Å². The van der Waals surface area contributed by atoms with E-state index in [-0.39, 0.29) is 0 Å². The van der Waals surface area contributed by atoms with Gasteiger partial charge >= 0.3 is 0 Å². The molecule has 1 aromatic carbocycles. The molecule has 0 saturated carbocycles. The van der Waals surface area contributed by atoms with E-state index < -0.39 is 0 Å². The molecule has 16 heavy (non-hydrogen) atoms. The monoisotopic (exact) mass is 210 g/mol. The normalized spacial score (nSPS) is 9.56. The highest BCUT2D eigenvalue weighted by molar-refractivity contribution is 5.61. The molecule has 0 radical (unpaired) electrons. The summed E-state index contributed by atoms with van der Waals surface area (Å²) in [6, 6.07) is 13.2. The zero-order valence-electron chi connectivity index (χ0n) is 8.83. The Kier molecular flexibility index (Phi) is 2.85. The topological polar surface area (TPSA) is 61.7 Å². The Morgan fingerprint density at radius 1 is 1.12 bits per heavy atom. The standard InChI is InChI=1S/C12H10N4/c1-9-3-2-4-12(14-9)10-5-7-11(8-6-10)15-16-13/h2-8H,1H3. The molecule has 0 N–H and O–H groups in total. The van der Waals surface area contributed by atoms with E-state index in [4.69, 9.17) is 5.53 Å². The number of benzene rings is 1. The Bertz CT molecular complexity index is 539. The molecule has 0 unspecified atom stereocenters. The smallest absolute Gasteiger partial charge is 0.0705 e. The number of aryl methyl sites for hydroxylation is 1. The van der Waals surface area contributed by atoms with Gasteiger partial charge in [0.25, 0.3) is 0 Å². The molecule has 1 heterocycles. The van der Waals surface area contributed by atoms with Gasteiger partial charge in [-0.25, -0.2) is 0 Å². The van der Waals surface area contributed by atoms with Crippen molar-refractivity contribution in [3.63, 3.8) is 0 Å². The molecule has 4 nitrogen and oxygen atoms in total. The van der Waals surface area contributed by atoms with Crippen molar-refractivity contribution in [2.24, 2.45) is 5.11 Å². The van der Waals surface area contributed by atoms with Gasteiger partial charge in [-0.2, -0.15) is 0 Å². The molecule has 2 aromatic rings. The third-order valence-electron chi connectivity index (χ3n) is 2.21. The van der Waals surface area contributed by atoms with Crippen molar-refractivity contribution in [1.29, 1.82) is 0 Å². The second kappa shape index (κ2) is 4.47. The highest BCUT2D eigenvalue weighted by atomic mass is 15.1. The van der Waals surface area contributed by atoms with Crippen LogP contribution in [0.3, 0.4) is 0 Å². The van der Waals surface area contributed by atoms with Crippen LogP contribution in [0.1, 0.15) is 5.69 Å². The summed E-state index contributed by atoms with van der Waals surface area (Å²) in [6.45, 7) is 1.96. The van der Waals surface area contributed by atoms with Crippen LogP contribution in [0.2, 0.25) is 0 Å². The summed E-state index contributed by atoms with van der Waals surface area (Å²) >= 11 is 0. The third-order valence-corrected chi connectivity index (χ3v) is 2.21. The number of rotatable bonds is 2. The fourth-order valence-corrected chi connectivity index (χ4v) is 1.45. The quantitative estimate of drug-likeness (QED) is 0.419. The SMILES string of the molecule is Cc1cccc(-c2ccc(N=[N+]=[N-])cc2)n1. The van der Waals surface area contributed by atoms with E-state index >= 15 is 0 Å². The molecule has 78 valence electrons. The van der Waals surface area contributed by atoms with Crippen LogP contribution < -0.4 is 0 Å². The average Bonchev–Trinajstić information content (AvgIpc) is 2.30. The first-order valence-corrected chi connectivity index (χ1v) is 4.89. The minimum absolute atomic E-state index is 0.610. The molecule has 0 saturated heterocycles. The van der Waals surface area contributed by atoms with Gasteiger partial charge in [-0.15, -0.1) is 0 Å². The third kappa shape index (κ3) is 2.19. The zero-order valence-corrected chi connectivity index (χ0v) is 8.83. The van der Waals surface area contributed by atoms with Crippen LogP contribution in [-0.4, -0.2) is 4.98 Å². The van der Waals surface area contributed by atoms with Gasteiger partial charge in [0.2, 0.25) is 0 Å². The van der Waals surface area contributed by atoms with Crippen LogP contribution in [0.25, 0.3) is 21.7 Å². The van der Waals surface area contributed by atoms with Crippen molar-refractivity contribution in [3.05, 3.63) is 58.6 Å². The largest absolute Gasteiger partial charge is 0.253 e. The molecule has 0 amide bonds. The van der Waals surface area contributed by atoms with Crippen molar-refractivity contribution in [2.45, 2.75) is 6.92 Å². The van der Waals surface area contributed by atoms with Gasteiger partial charge in [-0.3, -0.25) is 4.98 Å². The Morgan fingerprint density at radius 3 is 2.50 bits per heavy atom. The van der Waals surface area contributed by atoms with Crippen LogP contribution in [0.5, 0.6) is 0 Å². The van der Waals surface area contributed by atoms with E-state index in [1.165, 1.54) is 0 Å². The average molecular weight is 210 g/mol. The molecule has 0 fully saturated rings. The Morgan fingerprint density at radius 2 is 1.88 bits per heavy atom. The second-order valence-electron chi connectivity index (χ2n) is 3.40. The number of azide groups is 1. The van der Waals surface area contributed by atoms with Crippen molar-refractivity contribution >= 4 is 5.69 Å². The van der Waals surface area contributed by atoms with Crippen LogP contribution in [0.4, 0.5) is 5.69 Å². The number of aromatic nitrogens is 1. The maximum Gasteiger partial charge on any atom is 0.0705 e. The molecule has 0 aliphatic carbocycles. The van der Waals surface area contributed by atoms with E-state index in [1.807, 2.05) is 37.3 Å². The lowest BCUT2D eigenvalue weighted by molar-refractivity contribution is 1.20. The lowest BCUT2D eigenvalue weighted by atomic mass is 10.1. The van der Waals surface area contributed by atoms with E-state index in [9.17, 15) is 0 Å². The maximum atomic E-state index is 8.29. The van der Waals surface area contributed by atoms with E-state index in [0.29, 0.717) is 5.69 Å². The molecule has 0 atom stereocenters. The van der Waals surface area contributed by atoms with Gasteiger partial charge in [0.1, 0.15) is 0 Å². The van der Waals surface area contributed by atoms with Crippen LogP contribution in [0.15, 0.2) is 47.6 Å². The summed E-state index contributed by atoms with van der Waals surface area (Å²) < 4.78 is 0. The van der Waals surface area contributed by atoms with Crippen LogP contribution >= 0.6 is 0 Å². The minimum atomic E-state index is 0.610. The van der Waals surface area contributed by atoms with Crippen LogP contribution in [0, 0.1) is 6.92 Å². The zero-order chi connectivity index (χ0) is 11.4. The summed E-state index contributed by atoms with van der Waals surface area (Å²) in [5.41, 5.74) is 11.8. The summed E-state index contributed by atoms with van der Waals surface area (Å²) in [6.07, 6.45) is 0. The fourth-order valence-electron chi connectivity index (χ4n) is 1.45.